The maximum Gasteiger partial charge on any atom is 0.115 e. The van der Waals surface area contributed by atoms with Crippen LogP contribution in [0.25, 0.3) is 0 Å². The molecule has 0 bridgehead atoms. The largest absolute Gasteiger partial charge is 0.508 e. The van der Waals surface area contributed by atoms with Gasteiger partial charge >= 0.3 is 0 Å². The minimum Gasteiger partial charge on any atom is -0.508 e. The molecule has 22 heavy (non-hydrogen) atoms. The Hall–Kier alpha value is -2.68. The van der Waals surface area contributed by atoms with Crippen molar-refractivity contribution in [3.05, 3.63) is 65.2 Å². The molecule has 0 fully saturated rings. The summed E-state index contributed by atoms with van der Waals surface area (Å²) < 4.78 is 0. The van der Waals surface area contributed by atoms with E-state index in [1.54, 1.807) is 24.3 Å². The number of aliphatic hydroxyl groups excluding tert-OH is 1. The van der Waals surface area contributed by atoms with Gasteiger partial charge in [0.15, 0.2) is 0 Å². The van der Waals surface area contributed by atoms with E-state index in [1.165, 1.54) is 0 Å². The molecular formula is C20H18O2. The van der Waals surface area contributed by atoms with Crippen LogP contribution in [0.5, 0.6) is 5.75 Å². The molecule has 2 rings (SSSR count). The van der Waals surface area contributed by atoms with Gasteiger partial charge in [-0.25, -0.2) is 0 Å². The zero-order chi connectivity index (χ0) is 15.6. The van der Waals surface area contributed by atoms with E-state index in [1.807, 2.05) is 24.3 Å². The van der Waals surface area contributed by atoms with Crippen molar-refractivity contribution in [2.45, 2.75) is 19.3 Å². The minimum atomic E-state index is 0.219. The lowest BCUT2D eigenvalue weighted by Crippen LogP contribution is -1.84. The third kappa shape index (κ3) is 5.02. The minimum absolute atomic E-state index is 0.219. The van der Waals surface area contributed by atoms with E-state index in [9.17, 15) is 5.11 Å². The predicted octanol–water partition coefficient (Wildman–Crippen LogP) is 3.31. The second kappa shape index (κ2) is 8.57. The van der Waals surface area contributed by atoms with Gasteiger partial charge in [0, 0.05) is 29.7 Å². The molecule has 0 saturated heterocycles. The third-order valence-corrected chi connectivity index (χ3v) is 3.07. The molecule has 0 aliphatic carbocycles. The summed E-state index contributed by atoms with van der Waals surface area (Å²) in [4.78, 5) is 0. The highest BCUT2D eigenvalue weighted by Gasteiger charge is 1.95. The fourth-order valence-electron chi connectivity index (χ4n) is 1.87. The van der Waals surface area contributed by atoms with Gasteiger partial charge in [0.05, 0.1) is 0 Å². The summed E-state index contributed by atoms with van der Waals surface area (Å²) in [7, 11) is 0. The number of phenolic OH excluding ortho intramolecular Hbond substituents is 1. The van der Waals surface area contributed by atoms with E-state index in [-0.39, 0.29) is 12.4 Å². The van der Waals surface area contributed by atoms with Gasteiger partial charge in [0.25, 0.3) is 0 Å². The smallest absolute Gasteiger partial charge is 0.115 e. The number of benzene rings is 2. The first-order valence-corrected chi connectivity index (χ1v) is 7.29. The fraction of sp³-hybridized carbons (Fsp3) is 0.200. The summed E-state index contributed by atoms with van der Waals surface area (Å²) in [5, 5.41) is 18.0. The Labute approximate surface area is 131 Å². The fourth-order valence-corrected chi connectivity index (χ4v) is 1.87. The van der Waals surface area contributed by atoms with Gasteiger partial charge in [-0.1, -0.05) is 35.8 Å². The molecule has 0 aliphatic rings. The second-order valence-electron chi connectivity index (χ2n) is 4.82. The van der Waals surface area contributed by atoms with Crippen LogP contribution < -0.4 is 0 Å². The van der Waals surface area contributed by atoms with Gasteiger partial charge in [-0.3, -0.25) is 0 Å². The average Bonchev–Trinajstić information content (AvgIpc) is 2.55. The number of aliphatic hydroxyl groups is 1. The zero-order valence-corrected chi connectivity index (χ0v) is 12.3. The predicted molar refractivity (Wildman–Crippen MR) is 88.3 cm³/mol. The topological polar surface area (TPSA) is 40.5 Å². The Kier molecular flexibility index (Phi) is 6.12. The van der Waals surface area contributed by atoms with Crippen molar-refractivity contribution in [1.82, 2.24) is 0 Å². The first kappa shape index (κ1) is 15.7. The highest BCUT2D eigenvalue weighted by atomic mass is 16.3. The molecule has 0 amide bonds. The van der Waals surface area contributed by atoms with Crippen LogP contribution in [0.15, 0.2) is 48.5 Å². The lowest BCUT2D eigenvalue weighted by molar-refractivity contribution is 0.285. The Morgan fingerprint density at radius 2 is 1.45 bits per heavy atom. The van der Waals surface area contributed by atoms with E-state index in [4.69, 9.17) is 5.11 Å². The summed E-state index contributed by atoms with van der Waals surface area (Å²) in [5.74, 6) is 12.7. The van der Waals surface area contributed by atoms with Crippen LogP contribution in [-0.4, -0.2) is 16.8 Å². The van der Waals surface area contributed by atoms with Crippen LogP contribution in [-0.2, 0) is 0 Å². The first-order valence-electron chi connectivity index (χ1n) is 7.29. The number of unbranched alkanes of at least 4 members (excludes halogenated alkanes) is 2. The molecule has 0 heterocycles. The van der Waals surface area contributed by atoms with E-state index >= 15 is 0 Å². The summed E-state index contributed by atoms with van der Waals surface area (Å²) in [6.07, 6.45) is 2.47. The van der Waals surface area contributed by atoms with E-state index in [2.05, 4.69) is 23.7 Å². The molecule has 2 aromatic rings. The van der Waals surface area contributed by atoms with Gasteiger partial charge in [-0.15, -0.1) is 0 Å². The van der Waals surface area contributed by atoms with Crippen LogP contribution >= 0.6 is 0 Å². The van der Waals surface area contributed by atoms with Crippen molar-refractivity contribution >= 4 is 0 Å². The van der Waals surface area contributed by atoms with Crippen LogP contribution in [0.3, 0.4) is 0 Å². The molecule has 0 atom stereocenters. The van der Waals surface area contributed by atoms with Gasteiger partial charge in [0.2, 0.25) is 0 Å². The molecular weight excluding hydrogens is 272 g/mol. The number of rotatable bonds is 3. The van der Waals surface area contributed by atoms with Crippen LogP contribution in [0.2, 0.25) is 0 Å². The molecule has 0 saturated carbocycles. The Morgan fingerprint density at radius 3 is 2.14 bits per heavy atom. The van der Waals surface area contributed by atoms with E-state index in [0.29, 0.717) is 0 Å². The monoisotopic (exact) mass is 290 g/mol. The van der Waals surface area contributed by atoms with Crippen molar-refractivity contribution in [3.8, 4) is 29.4 Å². The number of hydrogen-bond acceptors (Lipinski definition) is 2. The van der Waals surface area contributed by atoms with Crippen LogP contribution in [0.1, 0.15) is 36.0 Å². The van der Waals surface area contributed by atoms with Crippen molar-refractivity contribution in [2.75, 3.05) is 6.61 Å². The van der Waals surface area contributed by atoms with Crippen molar-refractivity contribution in [3.63, 3.8) is 0 Å². The number of aromatic hydroxyl groups is 1. The maximum atomic E-state index is 9.26. The molecule has 0 unspecified atom stereocenters. The van der Waals surface area contributed by atoms with Gasteiger partial charge in [-0.05, 0) is 49.2 Å². The van der Waals surface area contributed by atoms with Gasteiger partial charge < -0.3 is 10.2 Å². The van der Waals surface area contributed by atoms with Crippen molar-refractivity contribution in [2.24, 2.45) is 0 Å². The number of hydrogen-bond donors (Lipinski definition) is 2. The molecule has 2 heteroatoms. The van der Waals surface area contributed by atoms with E-state index in [0.717, 1.165) is 36.0 Å². The maximum absolute atomic E-state index is 9.26. The normalized spacial score (nSPS) is 9.32. The first-order chi connectivity index (χ1) is 10.8. The Balaban J connectivity index is 2.13. The molecule has 0 aliphatic heterocycles. The van der Waals surface area contributed by atoms with Gasteiger partial charge in [0.1, 0.15) is 5.75 Å². The SMILES string of the molecule is OCCCCC#Cc1ccccc1C#Cc1ccc(O)cc1. The molecule has 2 nitrogen and oxygen atoms in total. The van der Waals surface area contributed by atoms with Gasteiger partial charge in [-0.2, -0.15) is 0 Å². The molecule has 0 spiro atoms. The number of phenols is 1. The summed E-state index contributed by atoms with van der Waals surface area (Å²) in [6, 6.07) is 14.6. The molecule has 2 aromatic carbocycles. The van der Waals surface area contributed by atoms with Crippen molar-refractivity contribution in [1.29, 1.82) is 0 Å². The standard InChI is InChI=1S/C20H18O2/c21-16-6-2-1-3-7-18-8-4-5-9-19(18)13-10-17-11-14-20(22)15-12-17/h4-5,8-9,11-12,14-15,21-22H,1-2,6,16H2. The Bertz CT molecular complexity index is 722. The van der Waals surface area contributed by atoms with Crippen molar-refractivity contribution < 1.29 is 10.2 Å². The highest BCUT2D eigenvalue weighted by Crippen LogP contribution is 2.10. The average molecular weight is 290 g/mol. The molecule has 2 N–H and O–H groups in total. The summed E-state index contributed by atoms with van der Waals surface area (Å²) in [5.41, 5.74) is 2.66. The van der Waals surface area contributed by atoms with Crippen LogP contribution in [0, 0.1) is 23.7 Å². The van der Waals surface area contributed by atoms with Crippen LogP contribution in [0.4, 0.5) is 0 Å². The summed E-state index contributed by atoms with van der Waals surface area (Å²) >= 11 is 0. The molecule has 0 radical (unpaired) electrons. The quantitative estimate of drug-likeness (QED) is 0.672. The third-order valence-electron chi connectivity index (χ3n) is 3.07. The molecule has 110 valence electrons. The second-order valence-corrected chi connectivity index (χ2v) is 4.82. The Morgan fingerprint density at radius 1 is 0.773 bits per heavy atom. The lowest BCUT2D eigenvalue weighted by Gasteiger charge is -1.96. The zero-order valence-electron chi connectivity index (χ0n) is 12.3. The molecule has 0 aromatic heterocycles. The highest BCUT2D eigenvalue weighted by molar-refractivity contribution is 5.52. The van der Waals surface area contributed by atoms with E-state index < -0.39 is 0 Å². The lowest BCUT2D eigenvalue weighted by atomic mass is 10.1. The summed E-state index contributed by atoms with van der Waals surface area (Å²) in [6.45, 7) is 0.219.